The molecule has 0 bridgehead atoms. The van der Waals surface area contributed by atoms with Crippen molar-refractivity contribution in [1.82, 2.24) is 15.1 Å². The summed E-state index contributed by atoms with van der Waals surface area (Å²) in [6, 6.07) is 9.29. The number of ether oxygens (including phenoxy) is 1. The molecule has 1 aromatic rings. The summed E-state index contributed by atoms with van der Waals surface area (Å²) in [6.07, 6.45) is 6.70. The summed E-state index contributed by atoms with van der Waals surface area (Å²) in [6.45, 7) is 10.5. The van der Waals surface area contributed by atoms with Crippen molar-refractivity contribution in [3.8, 4) is 0 Å². The van der Waals surface area contributed by atoms with Gasteiger partial charge in [-0.05, 0) is 63.7 Å². The topological polar surface area (TPSA) is 40.1 Å². The van der Waals surface area contributed by atoms with Crippen LogP contribution in [0, 0.1) is 6.92 Å². The molecule has 1 N–H and O–H groups in total. The third kappa shape index (κ3) is 5.71. The highest BCUT2D eigenvalue weighted by Crippen LogP contribution is 2.25. The van der Waals surface area contributed by atoms with Gasteiger partial charge in [0.2, 0.25) is 0 Å². The molecule has 5 nitrogen and oxygen atoms in total. The van der Waals surface area contributed by atoms with E-state index in [4.69, 9.17) is 4.74 Å². The molecule has 2 heterocycles. The fourth-order valence-corrected chi connectivity index (χ4v) is 4.44. The highest BCUT2D eigenvalue weighted by molar-refractivity contribution is 5.80. The lowest BCUT2D eigenvalue weighted by Gasteiger charge is -2.36. The number of hydrogen-bond acceptors (Lipinski definition) is 3. The average Bonchev–Trinajstić information content (AvgIpc) is 2.72. The maximum atomic E-state index is 6.06. The minimum Gasteiger partial charge on any atom is -0.370 e. The fourth-order valence-electron chi connectivity index (χ4n) is 4.44. The Labute approximate surface area is 171 Å². The van der Waals surface area contributed by atoms with E-state index in [9.17, 15) is 0 Å². The van der Waals surface area contributed by atoms with Crippen molar-refractivity contribution < 1.29 is 4.74 Å². The van der Waals surface area contributed by atoms with Crippen LogP contribution in [0.4, 0.5) is 0 Å². The largest absolute Gasteiger partial charge is 0.370 e. The molecule has 28 heavy (non-hydrogen) atoms. The number of unbranched alkanes of at least 4 members (excludes halogenated alkanes) is 1. The fraction of sp³-hybridized carbons (Fsp3) is 0.696. The molecular weight excluding hydrogens is 348 g/mol. The predicted molar refractivity (Wildman–Crippen MR) is 117 cm³/mol. The predicted octanol–water partition coefficient (Wildman–Crippen LogP) is 3.60. The molecule has 3 rings (SSSR count). The highest BCUT2D eigenvalue weighted by atomic mass is 16.5. The van der Waals surface area contributed by atoms with Gasteiger partial charge in [0.25, 0.3) is 0 Å². The van der Waals surface area contributed by atoms with E-state index < -0.39 is 0 Å². The first-order valence-electron chi connectivity index (χ1n) is 11.1. The summed E-state index contributed by atoms with van der Waals surface area (Å²) >= 11 is 0. The van der Waals surface area contributed by atoms with Crippen molar-refractivity contribution in [2.75, 3.05) is 46.4 Å². The summed E-state index contributed by atoms with van der Waals surface area (Å²) < 4.78 is 6.06. The van der Waals surface area contributed by atoms with Crippen molar-refractivity contribution in [2.24, 2.45) is 4.99 Å². The van der Waals surface area contributed by atoms with Gasteiger partial charge in [-0.15, -0.1) is 0 Å². The van der Waals surface area contributed by atoms with E-state index >= 15 is 0 Å². The normalized spacial score (nSPS) is 24.4. The van der Waals surface area contributed by atoms with E-state index in [1.54, 1.807) is 0 Å². The number of aliphatic imine (C=N–C) groups is 1. The Hall–Kier alpha value is -1.59. The van der Waals surface area contributed by atoms with Crippen molar-refractivity contribution in [3.05, 3.63) is 35.4 Å². The van der Waals surface area contributed by atoms with E-state index in [0.29, 0.717) is 0 Å². The molecule has 5 heteroatoms. The molecule has 0 saturated carbocycles. The van der Waals surface area contributed by atoms with Crippen molar-refractivity contribution in [3.63, 3.8) is 0 Å². The highest BCUT2D eigenvalue weighted by Gasteiger charge is 2.25. The van der Waals surface area contributed by atoms with Crippen LogP contribution in [0.5, 0.6) is 0 Å². The average molecular weight is 387 g/mol. The zero-order chi connectivity index (χ0) is 19.8. The number of benzene rings is 1. The standard InChI is InChI=1S/C23H38N4O/c1-19-10-4-5-12-21(19)22-18-27(16-17-28-22)23(24-3)25-13-7-9-15-26-14-8-6-11-20(26)2/h4-5,10,12,20,22H,6-9,11,13-18H2,1-3H3,(H,24,25). The summed E-state index contributed by atoms with van der Waals surface area (Å²) in [5, 5.41) is 3.58. The van der Waals surface area contributed by atoms with E-state index in [1.165, 1.54) is 56.3 Å². The quantitative estimate of drug-likeness (QED) is 0.461. The van der Waals surface area contributed by atoms with Crippen LogP contribution in [-0.2, 0) is 4.74 Å². The second-order valence-electron chi connectivity index (χ2n) is 8.22. The molecular formula is C23H38N4O. The Kier molecular flexibility index (Phi) is 8.16. The van der Waals surface area contributed by atoms with Crippen LogP contribution in [0.3, 0.4) is 0 Å². The second-order valence-corrected chi connectivity index (χ2v) is 8.22. The van der Waals surface area contributed by atoms with E-state index in [2.05, 4.69) is 58.2 Å². The summed E-state index contributed by atoms with van der Waals surface area (Å²) in [4.78, 5) is 9.53. The van der Waals surface area contributed by atoms with Crippen LogP contribution in [0.1, 0.15) is 56.3 Å². The number of morpholine rings is 1. The van der Waals surface area contributed by atoms with Gasteiger partial charge in [0.15, 0.2) is 5.96 Å². The van der Waals surface area contributed by atoms with Gasteiger partial charge < -0.3 is 19.9 Å². The zero-order valence-electron chi connectivity index (χ0n) is 18.0. The molecule has 0 spiro atoms. The molecule has 2 unspecified atom stereocenters. The number of guanidine groups is 1. The number of aryl methyl sites for hydroxylation is 1. The maximum absolute atomic E-state index is 6.06. The van der Waals surface area contributed by atoms with Gasteiger partial charge in [0.1, 0.15) is 6.10 Å². The minimum atomic E-state index is 0.120. The number of hydrogen-bond donors (Lipinski definition) is 1. The number of nitrogens with one attached hydrogen (secondary N) is 1. The molecule has 156 valence electrons. The van der Waals surface area contributed by atoms with Crippen molar-refractivity contribution in [2.45, 2.75) is 58.1 Å². The zero-order valence-corrected chi connectivity index (χ0v) is 18.0. The molecule has 2 atom stereocenters. The first kappa shape index (κ1) is 21.1. The lowest BCUT2D eigenvalue weighted by molar-refractivity contribution is -0.00831. The molecule has 2 saturated heterocycles. The first-order valence-corrected chi connectivity index (χ1v) is 11.1. The number of rotatable bonds is 6. The molecule has 0 aliphatic carbocycles. The summed E-state index contributed by atoms with van der Waals surface area (Å²) in [7, 11) is 1.88. The van der Waals surface area contributed by atoms with Crippen LogP contribution >= 0.6 is 0 Å². The monoisotopic (exact) mass is 386 g/mol. The third-order valence-corrected chi connectivity index (χ3v) is 6.21. The maximum Gasteiger partial charge on any atom is 0.193 e. The Morgan fingerprint density at radius 2 is 2.07 bits per heavy atom. The Morgan fingerprint density at radius 1 is 1.21 bits per heavy atom. The molecule has 0 radical (unpaired) electrons. The molecule has 0 aromatic heterocycles. The number of piperidine rings is 1. The van der Waals surface area contributed by atoms with Crippen LogP contribution in [0.25, 0.3) is 0 Å². The van der Waals surface area contributed by atoms with E-state index in [1.807, 2.05) is 7.05 Å². The number of nitrogens with zero attached hydrogens (tertiary/aromatic N) is 3. The lowest BCUT2D eigenvalue weighted by atomic mass is 10.0. The van der Waals surface area contributed by atoms with Crippen LogP contribution in [0.2, 0.25) is 0 Å². The first-order chi connectivity index (χ1) is 13.7. The van der Waals surface area contributed by atoms with Gasteiger partial charge in [0.05, 0.1) is 13.2 Å². The molecule has 1 aromatic carbocycles. The van der Waals surface area contributed by atoms with Crippen molar-refractivity contribution >= 4 is 5.96 Å². The van der Waals surface area contributed by atoms with Gasteiger partial charge >= 0.3 is 0 Å². The van der Waals surface area contributed by atoms with Crippen LogP contribution in [0.15, 0.2) is 29.3 Å². The Bertz CT molecular complexity index is 633. The van der Waals surface area contributed by atoms with Gasteiger partial charge in [-0.1, -0.05) is 30.7 Å². The second kappa shape index (κ2) is 10.8. The van der Waals surface area contributed by atoms with E-state index in [-0.39, 0.29) is 6.10 Å². The minimum absolute atomic E-state index is 0.120. The molecule has 2 fully saturated rings. The molecule has 0 amide bonds. The Balaban J connectivity index is 1.42. The van der Waals surface area contributed by atoms with E-state index in [0.717, 1.165) is 38.2 Å². The smallest absolute Gasteiger partial charge is 0.193 e. The SMILES string of the molecule is CN=C(NCCCCN1CCCCC1C)N1CCOC(c2ccccc2C)C1. The van der Waals surface area contributed by atoms with Gasteiger partial charge in [-0.3, -0.25) is 4.99 Å². The lowest BCUT2D eigenvalue weighted by Crippen LogP contribution is -2.48. The Morgan fingerprint density at radius 3 is 2.86 bits per heavy atom. The third-order valence-electron chi connectivity index (χ3n) is 6.21. The summed E-state index contributed by atoms with van der Waals surface area (Å²) in [5.41, 5.74) is 2.59. The number of likely N-dealkylation sites (tertiary alicyclic amines) is 1. The molecule has 2 aliphatic heterocycles. The summed E-state index contributed by atoms with van der Waals surface area (Å²) in [5.74, 6) is 1.01. The van der Waals surface area contributed by atoms with Gasteiger partial charge in [-0.2, -0.15) is 0 Å². The van der Waals surface area contributed by atoms with Gasteiger partial charge in [-0.25, -0.2) is 0 Å². The molecule has 2 aliphatic rings. The van der Waals surface area contributed by atoms with Gasteiger partial charge in [0, 0.05) is 26.2 Å². The van der Waals surface area contributed by atoms with Crippen LogP contribution in [-0.4, -0.2) is 68.2 Å². The van der Waals surface area contributed by atoms with Crippen LogP contribution < -0.4 is 5.32 Å². The van der Waals surface area contributed by atoms with Crippen molar-refractivity contribution in [1.29, 1.82) is 0 Å².